The molecule has 0 saturated heterocycles. The predicted octanol–water partition coefficient (Wildman–Crippen LogP) is 4.37. The Hall–Kier alpha value is -3.24. The number of carboxylic acids is 1. The van der Waals surface area contributed by atoms with E-state index in [0.29, 0.717) is 16.1 Å². The van der Waals surface area contributed by atoms with Crippen molar-refractivity contribution < 1.29 is 27.9 Å². The van der Waals surface area contributed by atoms with Crippen molar-refractivity contribution in [3.8, 4) is 11.1 Å². The normalized spacial score (nSPS) is 11.7. The SMILES string of the molecule is CC(C)(C)OC(=O)NCc1nc(S(=O)(=O)c2cc(C(=O)O)cc(-c3ccccc3)c2)cs1. The van der Waals surface area contributed by atoms with E-state index in [1.807, 2.05) is 6.07 Å². The van der Waals surface area contributed by atoms with Crippen molar-refractivity contribution in [3.05, 3.63) is 64.5 Å². The number of thiazole rings is 1. The maximum atomic E-state index is 13.2. The number of hydrogen-bond acceptors (Lipinski definition) is 7. The van der Waals surface area contributed by atoms with Gasteiger partial charge in [0.15, 0.2) is 5.03 Å². The Labute approximate surface area is 189 Å². The Balaban J connectivity index is 1.89. The highest BCUT2D eigenvalue weighted by molar-refractivity contribution is 7.91. The van der Waals surface area contributed by atoms with Crippen molar-refractivity contribution in [2.75, 3.05) is 0 Å². The minimum absolute atomic E-state index is 0.000465. The van der Waals surface area contributed by atoms with Gasteiger partial charge in [-0.25, -0.2) is 23.0 Å². The number of aromatic carboxylic acids is 1. The lowest BCUT2D eigenvalue weighted by Gasteiger charge is -2.19. The van der Waals surface area contributed by atoms with E-state index in [-0.39, 0.29) is 22.0 Å². The predicted molar refractivity (Wildman–Crippen MR) is 119 cm³/mol. The number of nitrogens with one attached hydrogen (secondary N) is 1. The molecule has 0 saturated carbocycles. The average molecular weight is 475 g/mol. The van der Waals surface area contributed by atoms with Crippen LogP contribution in [0.3, 0.4) is 0 Å². The van der Waals surface area contributed by atoms with Gasteiger partial charge in [-0.1, -0.05) is 30.3 Å². The number of benzene rings is 2. The van der Waals surface area contributed by atoms with Gasteiger partial charge in [0.1, 0.15) is 10.6 Å². The first-order valence-corrected chi connectivity index (χ1v) is 11.9. The van der Waals surface area contributed by atoms with Crippen molar-refractivity contribution in [1.82, 2.24) is 10.3 Å². The van der Waals surface area contributed by atoms with Crippen LogP contribution in [-0.2, 0) is 21.1 Å². The molecule has 0 fully saturated rings. The van der Waals surface area contributed by atoms with Crippen molar-refractivity contribution in [2.45, 2.75) is 42.8 Å². The van der Waals surface area contributed by atoms with Gasteiger partial charge in [-0.2, -0.15) is 0 Å². The van der Waals surface area contributed by atoms with Gasteiger partial charge in [0.05, 0.1) is 17.0 Å². The van der Waals surface area contributed by atoms with Gasteiger partial charge in [0.2, 0.25) is 9.84 Å². The summed E-state index contributed by atoms with van der Waals surface area (Å²) in [6.07, 6.45) is -0.640. The fourth-order valence-corrected chi connectivity index (χ4v) is 5.10. The molecule has 3 aromatic rings. The third-order valence-corrected chi connectivity index (χ3v) is 6.77. The summed E-state index contributed by atoms with van der Waals surface area (Å²) in [5, 5.41) is 13.5. The summed E-state index contributed by atoms with van der Waals surface area (Å²) in [7, 11) is -4.08. The molecular formula is C22H22N2O6S2. The second-order valence-corrected chi connectivity index (χ2v) is 10.7. The Morgan fingerprint density at radius 3 is 2.41 bits per heavy atom. The molecule has 0 aliphatic heterocycles. The fraction of sp³-hybridized carbons (Fsp3) is 0.227. The van der Waals surface area contributed by atoms with Crippen LogP contribution in [0.5, 0.6) is 0 Å². The van der Waals surface area contributed by atoms with E-state index in [1.54, 1.807) is 45.0 Å². The van der Waals surface area contributed by atoms with Crippen LogP contribution in [0.2, 0.25) is 0 Å². The minimum Gasteiger partial charge on any atom is -0.478 e. The first-order valence-electron chi connectivity index (χ1n) is 9.56. The molecule has 3 rings (SSSR count). The van der Waals surface area contributed by atoms with E-state index >= 15 is 0 Å². The van der Waals surface area contributed by atoms with Gasteiger partial charge in [0.25, 0.3) is 0 Å². The topological polar surface area (TPSA) is 123 Å². The van der Waals surface area contributed by atoms with Gasteiger partial charge < -0.3 is 15.2 Å². The number of hydrogen-bond donors (Lipinski definition) is 2. The van der Waals surface area contributed by atoms with Crippen LogP contribution in [0.15, 0.2) is 63.8 Å². The zero-order valence-electron chi connectivity index (χ0n) is 17.7. The lowest BCUT2D eigenvalue weighted by Crippen LogP contribution is -2.32. The lowest BCUT2D eigenvalue weighted by atomic mass is 10.0. The van der Waals surface area contributed by atoms with E-state index < -0.39 is 27.5 Å². The first kappa shape index (κ1) is 23.4. The number of carbonyl (C=O) groups is 2. The summed E-state index contributed by atoms with van der Waals surface area (Å²) in [5.74, 6) is -1.24. The molecule has 1 amide bonds. The highest BCUT2D eigenvalue weighted by Crippen LogP contribution is 2.29. The van der Waals surface area contributed by atoms with E-state index in [2.05, 4.69) is 10.3 Å². The van der Waals surface area contributed by atoms with Crippen molar-refractivity contribution in [1.29, 1.82) is 0 Å². The van der Waals surface area contributed by atoms with Gasteiger partial charge in [-0.05, 0) is 50.1 Å². The number of aromatic nitrogens is 1. The van der Waals surface area contributed by atoms with Gasteiger partial charge >= 0.3 is 12.1 Å². The largest absolute Gasteiger partial charge is 0.478 e. The van der Waals surface area contributed by atoms with E-state index in [4.69, 9.17) is 4.74 Å². The fourth-order valence-electron chi connectivity index (χ4n) is 2.76. The van der Waals surface area contributed by atoms with Crippen LogP contribution >= 0.6 is 11.3 Å². The number of alkyl carbamates (subject to hydrolysis) is 1. The van der Waals surface area contributed by atoms with Crippen molar-refractivity contribution in [2.24, 2.45) is 0 Å². The number of sulfone groups is 1. The van der Waals surface area contributed by atoms with Crippen molar-refractivity contribution >= 4 is 33.2 Å². The van der Waals surface area contributed by atoms with E-state index in [9.17, 15) is 23.1 Å². The summed E-state index contributed by atoms with van der Waals surface area (Å²) in [6.45, 7) is 5.19. The number of carboxylic acid groups (broad SMARTS) is 1. The monoisotopic (exact) mass is 474 g/mol. The summed E-state index contributed by atoms with van der Waals surface area (Å²) >= 11 is 1.07. The molecular weight excluding hydrogens is 452 g/mol. The number of amides is 1. The molecule has 0 unspecified atom stereocenters. The van der Waals surface area contributed by atoms with Crippen LogP contribution in [-0.4, -0.2) is 36.2 Å². The molecule has 2 N–H and O–H groups in total. The Kier molecular flexibility index (Phi) is 6.65. The first-order chi connectivity index (χ1) is 15.0. The summed E-state index contributed by atoms with van der Waals surface area (Å²) in [5.41, 5.74) is 0.346. The molecule has 1 aromatic heterocycles. The molecule has 168 valence electrons. The van der Waals surface area contributed by atoms with Crippen LogP contribution in [0.1, 0.15) is 36.1 Å². The summed E-state index contributed by atoms with van der Waals surface area (Å²) in [4.78, 5) is 27.3. The smallest absolute Gasteiger partial charge is 0.408 e. The van der Waals surface area contributed by atoms with Gasteiger partial charge in [0, 0.05) is 5.38 Å². The van der Waals surface area contributed by atoms with E-state index in [0.717, 1.165) is 17.4 Å². The zero-order chi connectivity index (χ0) is 23.5. The molecule has 32 heavy (non-hydrogen) atoms. The molecule has 0 aliphatic rings. The maximum absolute atomic E-state index is 13.2. The summed E-state index contributed by atoms with van der Waals surface area (Å²) in [6, 6.07) is 12.9. The Bertz CT molecular complexity index is 1240. The molecule has 1 heterocycles. The number of rotatable bonds is 6. The highest BCUT2D eigenvalue weighted by atomic mass is 32.2. The number of nitrogens with zero attached hydrogens (tertiary/aromatic N) is 1. The zero-order valence-corrected chi connectivity index (χ0v) is 19.3. The molecule has 0 spiro atoms. The van der Waals surface area contributed by atoms with Crippen molar-refractivity contribution in [3.63, 3.8) is 0 Å². The van der Waals surface area contributed by atoms with Crippen LogP contribution < -0.4 is 5.32 Å². The quantitative estimate of drug-likeness (QED) is 0.544. The molecule has 10 heteroatoms. The second kappa shape index (κ2) is 9.09. The van der Waals surface area contributed by atoms with E-state index in [1.165, 1.54) is 17.5 Å². The Morgan fingerprint density at radius 1 is 1.09 bits per heavy atom. The average Bonchev–Trinajstić information content (AvgIpc) is 3.21. The van der Waals surface area contributed by atoms with Crippen LogP contribution in [0.4, 0.5) is 4.79 Å². The lowest BCUT2D eigenvalue weighted by molar-refractivity contribution is 0.0522. The second-order valence-electron chi connectivity index (χ2n) is 7.86. The molecule has 8 nitrogen and oxygen atoms in total. The number of ether oxygens (including phenoxy) is 1. The Morgan fingerprint density at radius 2 is 1.78 bits per heavy atom. The third-order valence-electron chi connectivity index (χ3n) is 4.16. The minimum atomic E-state index is -4.08. The summed E-state index contributed by atoms with van der Waals surface area (Å²) < 4.78 is 31.5. The van der Waals surface area contributed by atoms with Crippen LogP contribution in [0.25, 0.3) is 11.1 Å². The molecule has 0 atom stereocenters. The number of carbonyl (C=O) groups excluding carboxylic acids is 1. The molecule has 0 bridgehead atoms. The third kappa shape index (κ3) is 5.71. The molecule has 2 aromatic carbocycles. The molecule has 0 aliphatic carbocycles. The highest BCUT2D eigenvalue weighted by Gasteiger charge is 2.24. The van der Waals surface area contributed by atoms with Gasteiger partial charge in [-0.3, -0.25) is 0 Å². The van der Waals surface area contributed by atoms with Crippen LogP contribution in [0, 0.1) is 0 Å². The maximum Gasteiger partial charge on any atom is 0.408 e. The van der Waals surface area contributed by atoms with Gasteiger partial charge in [-0.15, -0.1) is 11.3 Å². The molecule has 0 radical (unpaired) electrons. The standard InChI is InChI=1S/C22H22N2O6S2/c1-22(2,3)30-21(27)23-12-18-24-19(13-31-18)32(28,29)17-10-15(9-16(11-17)20(25)26)14-7-5-4-6-8-14/h4-11,13H,12H2,1-3H3,(H,23,27)(H,25,26).